The number of rotatable bonds is 3. The number of nitrogen functional groups attached to an aromatic ring is 2. The summed E-state index contributed by atoms with van der Waals surface area (Å²) in [6.45, 7) is 2.88. The van der Waals surface area contributed by atoms with Gasteiger partial charge in [-0.25, -0.2) is 9.66 Å². The van der Waals surface area contributed by atoms with Crippen LogP contribution in [0.4, 0.5) is 5.82 Å². The molecule has 1 saturated carbocycles. The van der Waals surface area contributed by atoms with Crippen molar-refractivity contribution in [1.29, 1.82) is 0 Å². The maximum absolute atomic E-state index is 6.13. The SMILES string of the molecule is CCn1cc(-c2nc(C3CCCCC3)n(N)c2N)cn1. The number of imidazole rings is 1. The summed E-state index contributed by atoms with van der Waals surface area (Å²) in [5, 5.41) is 4.27. The van der Waals surface area contributed by atoms with Crippen LogP contribution in [0.15, 0.2) is 12.4 Å². The van der Waals surface area contributed by atoms with Crippen LogP contribution < -0.4 is 11.6 Å². The van der Waals surface area contributed by atoms with Crippen molar-refractivity contribution >= 4 is 5.82 Å². The van der Waals surface area contributed by atoms with Gasteiger partial charge in [-0.05, 0) is 19.8 Å². The van der Waals surface area contributed by atoms with E-state index in [4.69, 9.17) is 16.6 Å². The molecule has 4 N–H and O–H groups in total. The van der Waals surface area contributed by atoms with Gasteiger partial charge < -0.3 is 11.6 Å². The van der Waals surface area contributed by atoms with E-state index in [0.717, 1.165) is 36.5 Å². The summed E-state index contributed by atoms with van der Waals surface area (Å²) in [6.07, 6.45) is 9.88. The summed E-state index contributed by atoms with van der Waals surface area (Å²) in [7, 11) is 0. The van der Waals surface area contributed by atoms with E-state index >= 15 is 0 Å². The van der Waals surface area contributed by atoms with Crippen LogP contribution in [-0.2, 0) is 6.54 Å². The standard InChI is InChI=1S/C14H22N6/c1-2-19-9-11(8-17-19)12-13(15)20(16)14(18-12)10-6-4-3-5-7-10/h8-10H,2-7,15-16H2,1H3. The third-order valence-electron chi connectivity index (χ3n) is 4.18. The van der Waals surface area contributed by atoms with Crippen molar-refractivity contribution in [3.63, 3.8) is 0 Å². The first-order valence-corrected chi connectivity index (χ1v) is 7.36. The van der Waals surface area contributed by atoms with Gasteiger partial charge in [-0.3, -0.25) is 4.68 Å². The summed E-state index contributed by atoms with van der Waals surface area (Å²) in [6, 6.07) is 0. The Morgan fingerprint density at radius 2 is 2.05 bits per heavy atom. The molecule has 0 amide bonds. The van der Waals surface area contributed by atoms with Crippen molar-refractivity contribution in [3.05, 3.63) is 18.2 Å². The number of aromatic nitrogens is 4. The third-order valence-corrected chi connectivity index (χ3v) is 4.18. The number of hydrogen-bond acceptors (Lipinski definition) is 4. The average molecular weight is 274 g/mol. The fourth-order valence-corrected chi connectivity index (χ4v) is 2.98. The van der Waals surface area contributed by atoms with Gasteiger partial charge in [0.2, 0.25) is 0 Å². The predicted octanol–water partition coefficient (Wildman–Crippen LogP) is 2.11. The van der Waals surface area contributed by atoms with E-state index in [0.29, 0.717) is 11.7 Å². The highest BCUT2D eigenvalue weighted by atomic mass is 15.4. The lowest BCUT2D eigenvalue weighted by Crippen LogP contribution is -2.19. The number of aryl methyl sites for hydroxylation is 1. The van der Waals surface area contributed by atoms with Gasteiger partial charge in [0.05, 0.1) is 6.20 Å². The van der Waals surface area contributed by atoms with Gasteiger partial charge in [0.1, 0.15) is 11.5 Å². The topological polar surface area (TPSA) is 87.7 Å². The molecule has 2 heterocycles. The van der Waals surface area contributed by atoms with Crippen LogP contribution >= 0.6 is 0 Å². The van der Waals surface area contributed by atoms with Crippen molar-refractivity contribution in [1.82, 2.24) is 19.4 Å². The van der Waals surface area contributed by atoms with Gasteiger partial charge >= 0.3 is 0 Å². The number of anilines is 1. The van der Waals surface area contributed by atoms with Crippen molar-refractivity contribution in [2.24, 2.45) is 0 Å². The zero-order valence-corrected chi connectivity index (χ0v) is 11.9. The summed E-state index contributed by atoms with van der Waals surface area (Å²) >= 11 is 0. The normalized spacial score (nSPS) is 16.6. The second-order valence-corrected chi connectivity index (χ2v) is 5.49. The molecule has 0 radical (unpaired) electrons. The fourth-order valence-electron chi connectivity index (χ4n) is 2.98. The number of nitrogens with zero attached hydrogens (tertiary/aromatic N) is 4. The summed E-state index contributed by atoms with van der Waals surface area (Å²) < 4.78 is 3.43. The maximum Gasteiger partial charge on any atom is 0.150 e. The van der Waals surface area contributed by atoms with Crippen molar-refractivity contribution < 1.29 is 0 Å². The van der Waals surface area contributed by atoms with E-state index in [1.54, 1.807) is 10.9 Å². The third kappa shape index (κ3) is 2.15. The second kappa shape index (κ2) is 5.19. The zero-order chi connectivity index (χ0) is 14.1. The molecule has 2 aromatic rings. The minimum atomic E-state index is 0.436. The lowest BCUT2D eigenvalue weighted by molar-refractivity contribution is 0.424. The Morgan fingerprint density at radius 1 is 1.30 bits per heavy atom. The molecule has 108 valence electrons. The molecule has 0 bridgehead atoms. The Hall–Kier alpha value is -1.98. The highest BCUT2D eigenvalue weighted by Gasteiger charge is 2.24. The molecule has 1 fully saturated rings. The number of hydrogen-bond donors (Lipinski definition) is 2. The van der Waals surface area contributed by atoms with Crippen LogP contribution in [0.2, 0.25) is 0 Å². The van der Waals surface area contributed by atoms with Crippen LogP contribution in [0.25, 0.3) is 11.3 Å². The van der Waals surface area contributed by atoms with Crippen LogP contribution in [0.1, 0.15) is 50.8 Å². The Balaban J connectivity index is 1.96. The maximum atomic E-state index is 6.13. The lowest BCUT2D eigenvalue weighted by atomic mass is 9.89. The van der Waals surface area contributed by atoms with E-state index < -0.39 is 0 Å². The lowest BCUT2D eigenvalue weighted by Gasteiger charge is -2.20. The van der Waals surface area contributed by atoms with Gasteiger partial charge in [0.25, 0.3) is 0 Å². The molecule has 0 aromatic carbocycles. The van der Waals surface area contributed by atoms with Crippen LogP contribution in [0.3, 0.4) is 0 Å². The first-order chi connectivity index (χ1) is 9.70. The molecular weight excluding hydrogens is 252 g/mol. The van der Waals surface area contributed by atoms with Gasteiger partial charge in [-0.1, -0.05) is 19.3 Å². The zero-order valence-electron chi connectivity index (χ0n) is 11.9. The predicted molar refractivity (Wildman–Crippen MR) is 79.5 cm³/mol. The molecular formula is C14H22N6. The van der Waals surface area contributed by atoms with Crippen molar-refractivity contribution in [3.8, 4) is 11.3 Å². The summed E-state index contributed by atoms with van der Waals surface area (Å²) in [5.74, 6) is 8.00. The quantitative estimate of drug-likeness (QED) is 0.839. The smallest absolute Gasteiger partial charge is 0.150 e. The van der Waals surface area contributed by atoms with Crippen LogP contribution in [-0.4, -0.2) is 19.4 Å². The molecule has 1 aliphatic carbocycles. The number of nitrogens with two attached hydrogens (primary N) is 2. The molecule has 20 heavy (non-hydrogen) atoms. The van der Waals surface area contributed by atoms with Crippen LogP contribution in [0, 0.1) is 0 Å². The van der Waals surface area contributed by atoms with E-state index in [9.17, 15) is 0 Å². The van der Waals surface area contributed by atoms with Gasteiger partial charge in [0.15, 0.2) is 5.82 Å². The van der Waals surface area contributed by atoms with Gasteiger partial charge in [0, 0.05) is 24.2 Å². The molecule has 0 spiro atoms. The van der Waals surface area contributed by atoms with E-state index in [1.165, 1.54) is 19.3 Å². The minimum Gasteiger partial charge on any atom is -0.382 e. The highest BCUT2D eigenvalue weighted by Crippen LogP contribution is 2.35. The molecule has 6 heteroatoms. The molecule has 0 unspecified atom stereocenters. The molecule has 6 nitrogen and oxygen atoms in total. The van der Waals surface area contributed by atoms with Crippen molar-refractivity contribution in [2.45, 2.75) is 51.5 Å². The van der Waals surface area contributed by atoms with Gasteiger partial charge in [-0.15, -0.1) is 0 Å². The monoisotopic (exact) mass is 274 g/mol. The van der Waals surface area contributed by atoms with Gasteiger partial charge in [-0.2, -0.15) is 5.10 Å². The fraction of sp³-hybridized carbons (Fsp3) is 0.571. The van der Waals surface area contributed by atoms with Crippen molar-refractivity contribution in [2.75, 3.05) is 11.6 Å². The van der Waals surface area contributed by atoms with Crippen LogP contribution in [0.5, 0.6) is 0 Å². The first-order valence-electron chi connectivity index (χ1n) is 7.36. The Morgan fingerprint density at radius 3 is 2.70 bits per heavy atom. The Bertz CT molecular complexity index is 591. The highest BCUT2D eigenvalue weighted by molar-refractivity contribution is 5.70. The molecule has 1 aliphatic rings. The molecule has 0 aliphatic heterocycles. The Kier molecular flexibility index (Phi) is 3.38. The van der Waals surface area contributed by atoms with E-state index in [-0.39, 0.29) is 0 Å². The largest absolute Gasteiger partial charge is 0.382 e. The first kappa shape index (κ1) is 13.0. The minimum absolute atomic E-state index is 0.436. The molecule has 0 atom stereocenters. The molecule has 2 aromatic heterocycles. The molecule has 0 saturated heterocycles. The summed E-state index contributed by atoms with van der Waals surface area (Å²) in [4.78, 5) is 4.71. The van der Waals surface area contributed by atoms with E-state index in [2.05, 4.69) is 12.0 Å². The Labute approximate surface area is 118 Å². The molecule has 3 rings (SSSR count). The summed E-state index contributed by atoms with van der Waals surface area (Å²) in [5.41, 5.74) is 7.82. The average Bonchev–Trinajstić information content (AvgIpc) is 3.06. The van der Waals surface area contributed by atoms with E-state index in [1.807, 2.05) is 10.9 Å². The second-order valence-electron chi connectivity index (χ2n) is 5.49.